The van der Waals surface area contributed by atoms with Gasteiger partial charge in [-0.1, -0.05) is 30.3 Å². The van der Waals surface area contributed by atoms with Gasteiger partial charge in [0.15, 0.2) is 0 Å². The molecule has 2 saturated heterocycles. The number of likely N-dealkylation sites (tertiary alicyclic amines) is 2. The SMILES string of the molecule is CN1[C@@H](c2ccccc2)[C@@H](C(=O)N2CC(n3cccn3)C2)C[C@@]1(C)C(=O)O. The molecule has 142 valence electrons. The second-order valence-electron chi connectivity index (χ2n) is 7.74. The first-order chi connectivity index (χ1) is 12.9. The molecule has 2 aromatic rings. The van der Waals surface area contributed by atoms with Crippen molar-refractivity contribution in [2.75, 3.05) is 20.1 Å². The van der Waals surface area contributed by atoms with Crippen LogP contribution in [0.3, 0.4) is 0 Å². The molecule has 2 fully saturated rings. The highest BCUT2D eigenvalue weighted by Crippen LogP contribution is 2.47. The lowest BCUT2D eigenvalue weighted by Gasteiger charge is -2.41. The van der Waals surface area contributed by atoms with Gasteiger partial charge in [0.05, 0.1) is 12.0 Å². The molecule has 0 radical (unpaired) electrons. The van der Waals surface area contributed by atoms with Crippen LogP contribution in [0.2, 0.25) is 0 Å². The van der Waals surface area contributed by atoms with Crippen LogP contribution >= 0.6 is 0 Å². The zero-order chi connectivity index (χ0) is 19.2. The number of hydrogen-bond acceptors (Lipinski definition) is 4. The highest BCUT2D eigenvalue weighted by atomic mass is 16.4. The minimum atomic E-state index is -1.06. The third kappa shape index (κ3) is 2.82. The summed E-state index contributed by atoms with van der Waals surface area (Å²) in [4.78, 5) is 28.9. The molecule has 2 aliphatic rings. The van der Waals surface area contributed by atoms with Crippen molar-refractivity contribution in [3.8, 4) is 0 Å². The Morgan fingerprint density at radius 2 is 1.89 bits per heavy atom. The maximum absolute atomic E-state index is 13.3. The number of hydrogen-bond donors (Lipinski definition) is 1. The van der Waals surface area contributed by atoms with E-state index in [-0.39, 0.29) is 23.9 Å². The molecule has 1 N–H and O–H groups in total. The summed E-state index contributed by atoms with van der Waals surface area (Å²) in [6.45, 7) is 2.94. The number of rotatable bonds is 4. The quantitative estimate of drug-likeness (QED) is 0.890. The normalized spacial score (nSPS) is 28.9. The summed E-state index contributed by atoms with van der Waals surface area (Å²) in [5, 5.41) is 14.0. The van der Waals surface area contributed by atoms with Gasteiger partial charge in [0.2, 0.25) is 5.91 Å². The Hall–Kier alpha value is -2.67. The summed E-state index contributed by atoms with van der Waals surface area (Å²) >= 11 is 0. The van der Waals surface area contributed by atoms with Crippen LogP contribution in [0, 0.1) is 5.92 Å². The highest BCUT2D eigenvalue weighted by Gasteiger charge is 2.55. The van der Waals surface area contributed by atoms with Gasteiger partial charge >= 0.3 is 5.97 Å². The first-order valence-electron chi connectivity index (χ1n) is 9.21. The third-order valence-corrected chi connectivity index (χ3v) is 6.19. The molecule has 0 aliphatic carbocycles. The largest absolute Gasteiger partial charge is 0.480 e. The third-order valence-electron chi connectivity index (χ3n) is 6.19. The van der Waals surface area contributed by atoms with Crippen molar-refractivity contribution in [3.05, 3.63) is 54.4 Å². The molecule has 7 nitrogen and oxygen atoms in total. The molecule has 0 bridgehead atoms. The first-order valence-corrected chi connectivity index (χ1v) is 9.21. The molecule has 7 heteroatoms. The topological polar surface area (TPSA) is 78.7 Å². The van der Waals surface area contributed by atoms with E-state index in [1.54, 1.807) is 13.1 Å². The molecular formula is C20H24N4O3. The Morgan fingerprint density at radius 3 is 2.48 bits per heavy atom. The number of carbonyl (C=O) groups is 2. The van der Waals surface area contributed by atoms with Gasteiger partial charge in [0, 0.05) is 31.5 Å². The first kappa shape index (κ1) is 17.7. The van der Waals surface area contributed by atoms with E-state index in [1.165, 1.54) is 0 Å². The summed E-state index contributed by atoms with van der Waals surface area (Å²) < 4.78 is 1.88. The minimum absolute atomic E-state index is 0.0316. The molecule has 1 aromatic carbocycles. The number of aromatic nitrogens is 2. The number of amides is 1. The second-order valence-corrected chi connectivity index (χ2v) is 7.74. The zero-order valence-electron chi connectivity index (χ0n) is 15.5. The Morgan fingerprint density at radius 1 is 1.19 bits per heavy atom. The van der Waals surface area contributed by atoms with E-state index in [0.29, 0.717) is 19.5 Å². The average molecular weight is 368 g/mol. The van der Waals surface area contributed by atoms with Crippen molar-refractivity contribution in [1.29, 1.82) is 0 Å². The van der Waals surface area contributed by atoms with E-state index in [9.17, 15) is 14.7 Å². The number of carboxylic acid groups (broad SMARTS) is 1. The molecular weight excluding hydrogens is 344 g/mol. The molecule has 27 heavy (non-hydrogen) atoms. The lowest BCUT2D eigenvalue weighted by Crippen LogP contribution is -2.53. The van der Waals surface area contributed by atoms with E-state index in [4.69, 9.17) is 0 Å². The molecule has 3 atom stereocenters. The Kier molecular flexibility index (Phi) is 4.26. The van der Waals surface area contributed by atoms with E-state index < -0.39 is 11.5 Å². The van der Waals surface area contributed by atoms with Crippen LogP contribution in [0.5, 0.6) is 0 Å². The molecule has 0 unspecified atom stereocenters. The van der Waals surface area contributed by atoms with Gasteiger partial charge in [-0.15, -0.1) is 0 Å². The van der Waals surface area contributed by atoms with Gasteiger partial charge in [-0.2, -0.15) is 5.10 Å². The van der Waals surface area contributed by atoms with Crippen LogP contribution in [0.4, 0.5) is 0 Å². The van der Waals surface area contributed by atoms with E-state index >= 15 is 0 Å². The Labute approximate surface area is 158 Å². The summed E-state index contributed by atoms with van der Waals surface area (Å²) in [5.41, 5.74) is -0.0833. The summed E-state index contributed by atoms with van der Waals surface area (Å²) in [5.74, 6) is -1.24. The number of carbonyl (C=O) groups excluding carboxylic acids is 1. The maximum Gasteiger partial charge on any atom is 0.323 e. The number of likely N-dealkylation sites (N-methyl/N-ethyl adjacent to an activating group) is 1. The lowest BCUT2D eigenvalue weighted by molar-refractivity contribution is -0.148. The van der Waals surface area contributed by atoms with Crippen LogP contribution in [0.15, 0.2) is 48.8 Å². The summed E-state index contributed by atoms with van der Waals surface area (Å²) in [6, 6.07) is 11.6. The second kappa shape index (κ2) is 6.49. The molecule has 0 saturated carbocycles. The summed E-state index contributed by atoms with van der Waals surface area (Å²) in [7, 11) is 1.81. The molecule has 3 heterocycles. The number of nitrogens with zero attached hydrogens (tertiary/aromatic N) is 4. The summed E-state index contributed by atoms with van der Waals surface area (Å²) in [6.07, 6.45) is 3.95. The predicted octanol–water partition coefficient (Wildman–Crippen LogP) is 1.80. The smallest absolute Gasteiger partial charge is 0.323 e. The van der Waals surface area contributed by atoms with Crippen molar-refractivity contribution in [3.63, 3.8) is 0 Å². The van der Waals surface area contributed by atoms with Crippen molar-refractivity contribution in [1.82, 2.24) is 19.6 Å². The zero-order valence-corrected chi connectivity index (χ0v) is 15.5. The fraction of sp³-hybridized carbons (Fsp3) is 0.450. The van der Waals surface area contributed by atoms with E-state index in [2.05, 4.69) is 5.10 Å². The van der Waals surface area contributed by atoms with Crippen molar-refractivity contribution in [2.45, 2.75) is 31.0 Å². The Bertz CT molecular complexity index is 832. The van der Waals surface area contributed by atoms with Gasteiger partial charge < -0.3 is 10.0 Å². The van der Waals surface area contributed by atoms with Crippen molar-refractivity contribution < 1.29 is 14.7 Å². The highest BCUT2D eigenvalue weighted by molar-refractivity contribution is 5.85. The van der Waals surface area contributed by atoms with Crippen molar-refractivity contribution >= 4 is 11.9 Å². The fourth-order valence-electron chi connectivity index (χ4n) is 4.36. The lowest BCUT2D eigenvalue weighted by atomic mass is 9.88. The predicted molar refractivity (Wildman–Crippen MR) is 98.9 cm³/mol. The van der Waals surface area contributed by atoms with Crippen LogP contribution in [-0.4, -0.2) is 62.2 Å². The standard InChI is InChI=1S/C20H24N4O3/c1-20(19(26)27)11-16(17(22(20)2)14-7-4-3-5-8-14)18(25)23-12-15(13-23)24-10-6-9-21-24/h3-10,15-17H,11-13H2,1-2H3,(H,26,27)/t16-,17-,20-/m0/s1. The maximum atomic E-state index is 13.3. The van der Waals surface area contributed by atoms with Gasteiger partial charge in [-0.3, -0.25) is 19.2 Å². The molecule has 4 rings (SSSR count). The Balaban J connectivity index is 1.57. The number of aliphatic carboxylic acids is 1. The minimum Gasteiger partial charge on any atom is -0.480 e. The van der Waals surface area contributed by atoms with Crippen LogP contribution in [0.1, 0.15) is 31.0 Å². The van der Waals surface area contributed by atoms with Gasteiger partial charge in [0.1, 0.15) is 5.54 Å². The number of benzene rings is 1. The molecule has 0 spiro atoms. The average Bonchev–Trinajstić information content (AvgIpc) is 3.22. The molecule has 2 aliphatic heterocycles. The molecule has 1 amide bonds. The van der Waals surface area contributed by atoms with Crippen LogP contribution < -0.4 is 0 Å². The fourth-order valence-corrected chi connectivity index (χ4v) is 4.36. The van der Waals surface area contributed by atoms with Gasteiger partial charge in [-0.25, -0.2) is 0 Å². The molecule has 1 aromatic heterocycles. The van der Waals surface area contributed by atoms with E-state index in [0.717, 1.165) is 5.56 Å². The van der Waals surface area contributed by atoms with Crippen LogP contribution in [0.25, 0.3) is 0 Å². The van der Waals surface area contributed by atoms with E-state index in [1.807, 2.05) is 64.1 Å². The van der Waals surface area contributed by atoms with Gasteiger partial charge in [-0.05, 0) is 32.0 Å². The van der Waals surface area contributed by atoms with Crippen molar-refractivity contribution in [2.24, 2.45) is 5.92 Å². The number of carboxylic acids is 1. The van der Waals surface area contributed by atoms with Crippen LogP contribution in [-0.2, 0) is 9.59 Å². The van der Waals surface area contributed by atoms with Gasteiger partial charge in [0.25, 0.3) is 0 Å². The monoisotopic (exact) mass is 368 g/mol.